The van der Waals surface area contributed by atoms with Gasteiger partial charge in [0.1, 0.15) is 0 Å². The Labute approximate surface area is 404 Å². The minimum absolute atomic E-state index is 0.411. The van der Waals surface area contributed by atoms with Gasteiger partial charge in [-0.05, 0) is 157 Å². The number of anilines is 2. The number of likely N-dealkylation sites (tertiary alicyclic amines) is 1. The van der Waals surface area contributed by atoms with E-state index >= 15 is 0 Å². The van der Waals surface area contributed by atoms with E-state index in [1.165, 1.54) is 92.1 Å². The van der Waals surface area contributed by atoms with E-state index in [2.05, 4.69) is 126 Å². The molecule has 6 aromatic rings. The molecular weight excluding hydrogens is 841 g/mol. The summed E-state index contributed by atoms with van der Waals surface area (Å²) < 4.78 is 8.75. The molecule has 2 atom stereocenters. The van der Waals surface area contributed by atoms with Gasteiger partial charge in [-0.15, -0.1) is 0 Å². The average Bonchev–Trinajstić information content (AvgIpc) is 4.09. The van der Waals surface area contributed by atoms with Crippen LogP contribution in [0.3, 0.4) is 0 Å². The summed E-state index contributed by atoms with van der Waals surface area (Å²) in [7, 11) is 0. The molecule has 0 spiro atoms. The van der Waals surface area contributed by atoms with Crippen LogP contribution in [0, 0.1) is 26.7 Å². The Morgan fingerprint density at radius 2 is 1.22 bits per heavy atom. The van der Waals surface area contributed by atoms with E-state index in [9.17, 15) is 0 Å². The summed E-state index contributed by atoms with van der Waals surface area (Å²) in [6, 6.07) is 14.4. The van der Waals surface area contributed by atoms with Crippen LogP contribution in [0.15, 0.2) is 68.3 Å². The van der Waals surface area contributed by atoms with Gasteiger partial charge in [-0.25, -0.2) is 9.97 Å². The van der Waals surface area contributed by atoms with Crippen molar-refractivity contribution in [2.24, 2.45) is 5.92 Å². The molecule has 0 radical (unpaired) electrons. The van der Waals surface area contributed by atoms with Gasteiger partial charge in [-0.2, -0.15) is 10.2 Å². The molecule has 9 rings (SSSR count). The van der Waals surface area contributed by atoms with Gasteiger partial charge in [0.25, 0.3) is 0 Å². The van der Waals surface area contributed by atoms with Crippen LogP contribution < -0.4 is 16.0 Å². The fraction of sp³-hybridized carbons (Fsp3) is 0.500. The first kappa shape index (κ1) is 47.2. The van der Waals surface area contributed by atoms with Crippen LogP contribution in [0.5, 0.6) is 0 Å². The first-order valence-electron chi connectivity index (χ1n) is 25.9. The molecule has 2 aromatic carbocycles. The van der Waals surface area contributed by atoms with Gasteiger partial charge in [0.05, 0.1) is 56.2 Å². The highest BCUT2D eigenvalue weighted by atomic mass is 15.3. The smallest absolute Gasteiger partial charge is 0.208 e. The monoisotopic (exact) mass is 917 g/mol. The zero-order chi connectivity index (χ0) is 47.5. The third-order valence-electron chi connectivity index (χ3n) is 14.9. The molecule has 68 heavy (non-hydrogen) atoms. The SMILES string of the molecule is C=C(NC1CCCCC1)c1cc2c3c(c1)nc(NC(=C)c1cc(C)nn1CC)n3C/C=C/Cn1c(NC(=C)c3cc(C)nn3CC)nc3cc(C)cc(c31)CCC(N1CCCC(CCC)C1)CC2. The Morgan fingerprint density at radius 1 is 0.647 bits per heavy atom. The number of aromatic nitrogens is 8. The molecule has 6 heterocycles. The number of nitrogens with zero attached hydrogens (tertiary/aromatic N) is 9. The van der Waals surface area contributed by atoms with Crippen molar-refractivity contribution >= 4 is 51.1 Å². The molecule has 12 heteroatoms. The molecular formula is C56H76N12. The highest BCUT2D eigenvalue weighted by Gasteiger charge is 2.28. The fourth-order valence-electron chi connectivity index (χ4n) is 11.6. The minimum atomic E-state index is 0.411. The first-order valence-corrected chi connectivity index (χ1v) is 25.9. The van der Waals surface area contributed by atoms with Crippen molar-refractivity contribution in [2.75, 3.05) is 23.7 Å². The molecule has 2 unspecified atom stereocenters. The van der Waals surface area contributed by atoms with Gasteiger partial charge in [0.2, 0.25) is 11.9 Å². The second kappa shape index (κ2) is 20.8. The number of hydrogen-bond acceptors (Lipinski definition) is 8. The van der Waals surface area contributed by atoms with Gasteiger partial charge in [-0.1, -0.05) is 70.6 Å². The van der Waals surface area contributed by atoms with E-state index in [-0.39, 0.29) is 0 Å². The quantitative estimate of drug-likeness (QED) is 0.0927. The summed E-state index contributed by atoms with van der Waals surface area (Å²) >= 11 is 0. The molecule has 12 nitrogen and oxygen atoms in total. The molecule has 3 N–H and O–H groups in total. The van der Waals surface area contributed by atoms with Crippen LogP contribution in [0.2, 0.25) is 0 Å². The van der Waals surface area contributed by atoms with Crippen molar-refractivity contribution in [3.8, 4) is 0 Å². The third kappa shape index (κ3) is 10.1. The van der Waals surface area contributed by atoms with Gasteiger partial charge in [0, 0.05) is 50.5 Å². The number of nitrogens with one attached hydrogen (secondary N) is 3. The average molecular weight is 917 g/mol. The number of benzene rings is 2. The molecule has 1 aliphatic carbocycles. The fourth-order valence-corrected chi connectivity index (χ4v) is 11.6. The zero-order valence-corrected chi connectivity index (χ0v) is 41.9. The van der Waals surface area contributed by atoms with Crippen molar-refractivity contribution in [3.63, 3.8) is 0 Å². The number of aryl methyl sites for hydroxylation is 7. The van der Waals surface area contributed by atoms with E-state index in [4.69, 9.17) is 20.2 Å². The molecule has 2 fully saturated rings. The van der Waals surface area contributed by atoms with E-state index in [0.29, 0.717) is 25.2 Å². The topological polar surface area (TPSA) is 111 Å². The van der Waals surface area contributed by atoms with E-state index in [1.807, 2.05) is 23.2 Å². The molecule has 1 saturated heterocycles. The summed E-state index contributed by atoms with van der Waals surface area (Å²) in [5.41, 5.74) is 15.8. The largest absolute Gasteiger partial charge is 0.382 e. The molecule has 0 amide bonds. The normalized spacial score (nSPS) is 19.1. The molecule has 1 saturated carbocycles. The summed E-state index contributed by atoms with van der Waals surface area (Å²) in [6.07, 6.45) is 20.0. The first-order chi connectivity index (χ1) is 33.0. The van der Waals surface area contributed by atoms with Crippen LogP contribution in [0.25, 0.3) is 39.2 Å². The van der Waals surface area contributed by atoms with E-state index < -0.39 is 0 Å². The molecule has 4 aromatic heterocycles. The minimum Gasteiger partial charge on any atom is -0.382 e. The molecule has 2 aliphatic heterocycles. The molecule has 0 bridgehead atoms. The maximum absolute atomic E-state index is 5.44. The van der Waals surface area contributed by atoms with Crippen molar-refractivity contribution < 1.29 is 0 Å². The van der Waals surface area contributed by atoms with Gasteiger partial charge < -0.3 is 30.0 Å². The van der Waals surface area contributed by atoms with E-state index in [0.717, 1.165) is 120 Å². The Hall–Kier alpha value is -5.88. The number of allylic oxidation sites excluding steroid dienone is 2. The lowest BCUT2D eigenvalue weighted by Gasteiger charge is -2.39. The maximum atomic E-state index is 5.44. The lowest BCUT2D eigenvalue weighted by molar-refractivity contribution is 0.108. The van der Waals surface area contributed by atoms with E-state index in [1.54, 1.807) is 0 Å². The van der Waals surface area contributed by atoms with Crippen molar-refractivity contribution in [1.29, 1.82) is 0 Å². The van der Waals surface area contributed by atoms with Crippen molar-refractivity contribution in [1.82, 2.24) is 48.9 Å². The van der Waals surface area contributed by atoms with Crippen molar-refractivity contribution in [2.45, 2.75) is 163 Å². The Balaban J connectivity index is 1.16. The number of rotatable bonds is 14. The Morgan fingerprint density at radius 3 is 1.79 bits per heavy atom. The molecule has 3 aliphatic rings. The highest BCUT2D eigenvalue weighted by Crippen LogP contribution is 2.35. The summed E-state index contributed by atoms with van der Waals surface area (Å²) in [6.45, 7) is 31.7. The zero-order valence-electron chi connectivity index (χ0n) is 41.9. The highest BCUT2D eigenvalue weighted by molar-refractivity contribution is 5.88. The number of piperidine rings is 1. The lowest BCUT2D eigenvalue weighted by atomic mass is 9.89. The predicted molar refractivity (Wildman–Crippen MR) is 283 cm³/mol. The van der Waals surface area contributed by atoms with Crippen LogP contribution >= 0.6 is 0 Å². The number of imidazole rings is 2. The lowest BCUT2D eigenvalue weighted by Crippen LogP contribution is -2.43. The maximum Gasteiger partial charge on any atom is 0.208 e. The molecule has 360 valence electrons. The summed E-state index contributed by atoms with van der Waals surface area (Å²) in [4.78, 5) is 13.6. The standard InChI is InChI=1S/C56H76N12/c1-10-19-43-20-18-27-64(36-43)48-25-23-44-30-37(4)31-49-53(44)65(55(60-49)58-41(8)51-32-38(5)62-67(51)11-2)28-16-17-29-66-54-45(24-26-48)34-46(40(7)57-47-21-14-13-15-22-47)35-50(54)61-56(66)59-42(9)52-33-39(6)63-68(52)12-3/h16-17,30-35,43,47-48,57H,7-15,18-29,36H2,1-6H3,(H,58,60)(H,59,61)/b17-16+. The van der Waals surface area contributed by atoms with Gasteiger partial charge >= 0.3 is 0 Å². The predicted octanol–water partition coefficient (Wildman–Crippen LogP) is 11.8. The van der Waals surface area contributed by atoms with Crippen LogP contribution in [0.4, 0.5) is 11.9 Å². The Kier molecular flexibility index (Phi) is 14.4. The second-order valence-corrected chi connectivity index (χ2v) is 20.0. The van der Waals surface area contributed by atoms with Crippen LogP contribution in [-0.4, -0.2) is 68.7 Å². The van der Waals surface area contributed by atoms with Crippen molar-refractivity contribution in [3.05, 3.63) is 113 Å². The van der Waals surface area contributed by atoms with Crippen LogP contribution in [-0.2, 0) is 39.0 Å². The number of hydrogen-bond donors (Lipinski definition) is 3. The third-order valence-corrected chi connectivity index (χ3v) is 14.9. The van der Waals surface area contributed by atoms with Crippen LogP contribution in [0.1, 0.15) is 136 Å². The Bertz CT molecular complexity index is 2820. The summed E-state index contributed by atoms with van der Waals surface area (Å²) in [5.74, 6) is 2.30. The van der Waals surface area contributed by atoms with Gasteiger partial charge in [-0.3, -0.25) is 9.36 Å². The second-order valence-electron chi connectivity index (χ2n) is 20.0. The summed E-state index contributed by atoms with van der Waals surface area (Å²) in [5, 5.41) is 20.7. The van der Waals surface area contributed by atoms with Gasteiger partial charge in [0.15, 0.2) is 0 Å².